The monoisotopic (exact) mass is 461 g/mol. The molecule has 1 unspecified atom stereocenters. The molecular formula is C24H27N7OS. The summed E-state index contributed by atoms with van der Waals surface area (Å²) in [5.74, 6) is 1.23. The van der Waals surface area contributed by atoms with Crippen LogP contribution in [0.3, 0.4) is 0 Å². The van der Waals surface area contributed by atoms with Gasteiger partial charge < -0.3 is 15.1 Å². The zero-order valence-corrected chi connectivity index (χ0v) is 19.5. The standard InChI is InChI=1S/C24H27N7OS/c1-30-7-2-8-31(10-9-30)24(32)15-3-5-18-20(12-15)33-23-21(18)22(25-14-26-23)28-17-4-6-19-16(11-17)13-27-29-19/h4,6,11,13-15H,2-3,5,7-10,12H2,1H3,(H,27,29)(H,25,26,28). The number of aromatic amines is 1. The van der Waals surface area contributed by atoms with Gasteiger partial charge in [-0.15, -0.1) is 11.3 Å². The van der Waals surface area contributed by atoms with Gasteiger partial charge in [0.25, 0.3) is 0 Å². The molecule has 4 aromatic rings. The van der Waals surface area contributed by atoms with E-state index in [1.54, 1.807) is 17.7 Å². The van der Waals surface area contributed by atoms with Crippen LogP contribution in [-0.2, 0) is 17.6 Å². The molecule has 1 aromatic carbocycles. The number of fused-ring (bicyclic) bond motifs is 4. The van der Waals surface area contributed by atoms with Crippen LogP contribution in [0.2, 0.25) is 0 Å². The van der Waals surface area contributed by atoms with Crippen molar-refractivity contribution in [3.05, 3.63) is 41.2 Å². The number of hydrogen-bond acceptors (Lipinski definition) is 7. The molecule has 1 amide bonds. The van der Waals surface area contributed by atoms with Crippen LogP contribution in [-0.4, -0.2) is 69.1 Å². The summed E-state index contributed by atoms with van der Waals surface area (Å²) < 4.78 is 0. The Balaban J connectivity index is 1.26. The van der Waals surface area contributed by atoms with Gasteiger partial charge in [-0.25, -0.2) is 9.97 Å². The molecule has 1 aliphatic heterocycles. The number of thiophene rings is 1. The normalized spacial score (nSPS) is 19.5. The van der Waals surface area contributed by atoms with E-state index in [1.807, 2.05) is 18.3 Å². The van der Waals surface area contributed by atoms with Crippen LogP contribution < -0.4 is 5.32 Å². The molecule has 1 saturated heterocycles. The summed E-state index contributed by atoms with van der Waals surface area (Å²) in [5, 5.41) is 12.7. The molecule has 0 saturated carbocycles. The van der Waals surface area contributed by atoms with Gasteiger partial charge in [-0.05, 0) is 63.0 Å². The van der Waals surface area contributed by atoms with Gasteiger partial charge >= 0.3 is 0 Å². The fourth-order valence-electron chi connectivity index (χ4n) is 5.10. The number of nitrogens with zero attached hydrogens (tertiary/aromatic N) is 5. The molecule has 1 aliphatic carbocycles. The molecule has 0 bridgehead atoms. The smallest absolute Gasteiger partial charge is 0.226 e. The Labute approximate surface area is 196 Å². The van der Waals surface area contributed by atoms with Gasteiger partial charge in [-0.2, -0.15) is 5.10 Å². The van der Waals surface area contributed by atoms with Gasteiger partial charge in [0.15, 0.2) is 0 Å². The first kappa shape index (κ1) is 20.6. The van der Waals surface area contributed by atoms with E-state index < -0.39 is 0 Å². The molecule has 2 N–H and O–H groups in total. The summed E-state index contributed by atoms with van der Waals surface area (Å²) in [6, 6.07) is 6.11. The van der Waals surface area contributed by atoms with E-state index in [2.05, 4.69) is 48.4 Å². The van der Waals surface area contributed by atoms with Crippen molar-refractivity contribution in [3.63, 3.8) is 0 Å². The Morgan fingerprint density at radius 1 is 1.21 bits per heavy atom. The van der Waals surface area contributed by atoms with Crippen molar-refractivity contribution in [2.75, 3.05) is 38.5 Å². The molecule has 6 rings (SSSR count). The Morgan fingerprint density at radius 3 is 3.09 bits per heavy atom. The number of likely N-dealkylation sites (N-methyl/N-ethyl adjacent to an activating group) is 1. The van der Waals surface area contributed by atoms with Crippen LogP contribution in [0.15, 0.2) is 30.7 Å². The highest BCUT2D eigenvalue weighted by Gasteiger charge is 2.32. The SMILES string of the molecule is CN1CCCN(C(=O)C2CCc3c(sc4ncnc(Nc5ccc6[nH]ncc6c5)c34)C2)CC1. The van der Waals surface area contributed by atoms with Crippen molar-refractivity contribution in [3.8, 4) is 0 Å². The number of rotatable bonds is 3. The number of hydrogen-bond donors (Lipinski definition) is 2. The van der Waals surface area contributed by atoms with Crippen molar-refractivity contribution in [2.24, 2.45) is 5.92 Å². The molecular weight excluding hydrogens is 434 g/mol. The Morgan fingerprint density at radius 2 is 2.15 bits per heavy atom. The van der Waals surface area contributed by atoms with Crippen LogP contribution in [0.25, 0.3) is 21.1 Å². The molecule has 0 radical (unpaired) electrons. The van der Waals surface area contributed by atoms with Crippen LogP contribution in [0.1, 0.15) is 23.3 Å². The number of aryl methyl sites for hydroxylation is 1. The van der Waals surface area contributed by atoms with Gasteiger partial charge in [0, 0.05) is 41.5 Å². The number of anilines is 2. The van der Waals surface area contributed by atoms with Crippen LogP contribution in [0.5, 0.6) is 0 Å². The molecule has 170 valence electrons. The molecule has 0 spiro atoms. The largest absolute Gasteiger partial charge is 0.341 e. The summed E-state index contributed by atoms with van der Waals surface area (Å²) >= 11 is 1.72. The predicted molar refractivity (Wildman–Crippen MR) is 131 cm³/mol. The zero-order chi connectivity index (χ0) is 22.4. The first-order chi connectivity index (χ1) is 16.2. The highest BCUT2D eigenvalue weighted by Crippen LogP contribution is 2.41. The molecule has 1 atom stereocenters. The van der Waals surface area contributed by atoms with Gasteiger partial charge in [0.2, 0.25) is 5.91 Å². The summed E-state index contributed by atoms with van der Waals surface area (Å²) in [7, 11) is 2.14. The first-order valence-corrected chi connectivity index (χ1v) is 12.4. The van der Waals surface area contributed by atoms with Gasteiger partial charge in [0.1, 0.15) is 17.0 Å². The second kappa shape index (κ2) is 8.39. The minimum atomic E-state index is 0.0711. The van der Waals surface area contributed by atoms with Crippen molar-refractivity contribution in [1.29, 1.82) is 0 Å². The third kappa shape index (κ3) is 3.85. The summed E-state index contributed by atoms with van der Waals surface area (Å²) in [6.45, 7) is 3.74. The van der Waals surface area contributed by atoms with Crippen molar-refractivity contribution < 1.29 is 4.79 Å². The topological polar surface area (TPSA) is 90.0 Å². The Kier molecular flexibility index (Phi) is 5.22. The number of carbonyl (C=O) groups is 1. The fraction of sp³-hybridized carbons (Fsp3) is 0.417. The molecule has 3 aromatic heterocycles. The molecule has 4 heterocycles. The average molecular weight is 462 g/mol. The second-order valence-corrected chi connectivity index (χ2v) is 10.2. The van der Waals surface area contributed by atoms with Crippen LogP contribution >= 0.6 is 11.3 Å². The van der Waals surface area contributed by atoms with Crippen molar-refractivity contribution in [2.45, 2.75) is 25.7 Å². The predicted octanol–water partition coefficient (Wildman–Crippen LogP) is 3.58. The van der Waals surface area contributed by atoms with E-state index in [-0.39, 0.29) is 5.92 Å². The zero-order valence-electron chi connectivity index (χ0n) is 18.7. The minimum absolute atomic E-state index is 0.0711. The number of benzene rings is 1. The number of carbonyl (C=O) groups excluding carboxylic acids is 1. The molecule has 9 heteroatoms. The highest BCUT2D eigenvalue weighted by molar-refractivity contribution is 7.19. The quantitative estimate of drug-likeness (QED) is 0.485. The fourth-order valence-corrected chi connectivity index (χ4v) is 6.37. The summed E-state index contributed by atoms with van der Waals surface area (Å²) in [4.78, 5) is 29.1. The maximum atomic E-state index is 13.3. The Hall–Kier alpha value is -3.04. The number of aromatic nitrogens is 4. The maximum absolute atomic E-state index is 13.3. The van der Waals surface area contributed by atoms with Crippen molar-refractivity contribution >= 4 is 49.9 Å². The van der Waals surface area contributed by atoms with Gasteiger partial charge in [-0.1, -0.05) is 0 Å². The first-order valence-electron chi connectivity index (χ1n) is 11.6. The lowest BCUT2D eigenvalue weighted by molar-refractivity contribution is -0.135. The lowest BCUT2D eigenvalue weighted by Crippen LogP contribution is -2.40. The van der Waals surface area contributed by atoms with E-state index >= 15 is 0 Å². The van der Waals surface area contributed by atoms with E-state index in [9.17, 15) is 4.79 Å². The van der Waals surface area contributed by atoms with Crippen LogP contribution in [0.4, 0.5) is 11.5 Å². The average Bonchev–Trinajstić information content (AvgIpc) is 3.38. The lowest BCUT2D eigenvalue weighted by Gasteiger charge is -2.28. The van der Waals surface area contributed by atoms with Gasteiger partial charge in [-0.3, -0.25) is 9.89 Å². The third-order valence-corrected chi connectivity index (χ3v) is 8.09. The van der Waals surface area contributed by atoms with E-state index in [1.165, 1.54) is 10.4 Å². The summed E-state index contributed by atoms with van der Waals surface area (Å²) in [5.41, 5.74) is 3.29. The Bertz CT molecular complexity index is 1330. The van der Waals surface area contributed by atoms with Crippen molar-refractivity contribution in [1.82, 2.24) is 30.0 Å². The molecule has 33 heavy (non-hydrogen) atoms. The molecule has 8 nitrogen and oxygen atoms in total. The minimum Gasteiger partial charge on any atom is -0.341 e. The van der Waals surface area contributed by atoms with E-state index in [0.717, 1.165) is 84.5 Å². The van der Waals surface area contributed by atoms with E-state index in [0.29, 0.717) is 5.91 Å². The lowest BCUT2D eigenvalue weighted by atomic mass is 9.86. The van der Waals surface area contributed by atoms with Gasteiger partial charge in [0.05, 0.1) is 17.1 Å². The number of H-pyrrole nitrogens is 1. The number of nitrogens with one attached hydrogen (secondary N) is 2. The third-order valence-electron chi connectivity index (χ3n) is 6.93. The van der Waals surface area contributed by atoms with E-state index in [4.69, 9.17) is 0 Å². The molecule has 1 fully saturated rings. The summed E-state index contributed by atoms with van der Waals surface area (Å²) in [6.07, 6.45) is 7.09. The highest BCUT2D eigenvalue weighted by atomic mass is 32.1. The van der Waals surface area contributed by atoms with Crippen LogP contribution in [0, 0.1) is 5.92 Å². The molecule has 2 aliphatic rings. The number of amides is 1. The second-order valence-electron chi connectivity index (χ2n) is 9.13. The maximum Gasteiger partial charge on any atom is 0.226 e.